The summed E-state index contributed by atoms with van der Waals surface area (Å²) in [5.74, 6) is 1.01. The highest BCUT2D eigenvalue weighted by atomic mass is 35.5. The summed E-state index contributed by atoms with van der Waals surface area (Å²) >= 11 is 5.86. The Hall–Kier alpha value is -3.10. The van der Waals surface area contributed by atoms with Gasteiger partial charge in [0.05, 0.1) is 7.11 Å². The van der Waals surface area contributed by atoms with Gasteiger partial charge in [0.1, 0.15) is 18.4 Å². The van der Waals surface area contributed by atoms with E-state index in [4.69, 9.17) is 25.9 Å². The molecule has 2 aromatic carbocycles. The van der Waals surface area contributed by atoms with Crippen LogP contribution in [-0.4, -0.2) is 28.4 Å². The maximum absolute atomic E-state index is 12.4. The standard InChI is InChI=1S/C19H19ClN4O4/c1-27-15-8-2-12(3-9-15)10-16(18-24-23-17(11-25)28-18)22-19(26)21-14-6-4-13(20)5-7-14/h2-9,16,25H,10-11H2,1H3,(H2,21,22,26). The Bertz CT molecular complexity index is 912. The Balaban J connectivity index is 1.74. The maximum atomic E-state index is 12.4. The van der Waals surface area contributed by atoms with Crippen molar-refractivity contribution in [2.75, 3.05) is 12.4 Å². The summed E-state index contributed by atoms with van der Waals surface area (Å²) < 4.78 is 10.6. The van der Waals surface area contributed by atoms with Crippen LogP contribution in [0.4, 0.5) is 10.5 Å². The van der Waals surface area contributed by atoms with Gasteiger partial charge in [-0.1, -0.05) is 23.7 Å². The number of aliphatic hydroxyl groups is 1. The molecule has 9 heteroatoms. The molecule has 0 aliphatic carbocycles. The van der Waals surface area contributed by atoms with E-state index in [1.165, 1.54) is 0 Å². The largest absolute Gasteiger partial charge is 0.497 e. The van der Waals surface area contributed by atoms with Crippen LogP contribution < -0.4 is 15.4 Å². The summed E-state index contributed by atoms with van der Waals surface area (Å²) in [6, 6.07) is 13.1. The summed E-state index contributed by atoms with van der Waals surface area (Å²) in [4.78, 5) is 12.4. The van der Waals surface area contributed by atoms with Crippen molar-refractivity contribution in [2.24, 2.45) is 0 Å². The lowest BCUT2D eigenvalue weighted by Gasteiger charge is -2.16. The molecule has 3 N–H and O–H groups in total. The number of halogens is 1. The summed E-state index contributed by atoms with van der Waals surface area (Å²) in [6.07, 6.45) is 0.408. The Kier molecular flexibility index (Phi) is 6.46. The zero-order valence-corrected chi connectivity index (χ0v) is 15.8. The number of rotatable bonds is 7. The molecular formula is C19H19ClN4O4. The fraction of sp³-hybridized carbons (Fsp3) is 0.211. The van der Waals surface area contributed by atoms with Crippen LogP contribution in [0.15, 0.2) is 52.9 Å². The smallest absolute Gasteiger partial charge is 0.319 e. The molecule has 3 rings (SSSR count). The molecule has 1 aromatic heterocycles. The Labute approximate surface area is 166 Å². The van der Waals surface area contributed by atoms with Crippen molar-refractivity contribution < 1.29 is 19.1 Å². The zero-order valence-electron chi connectivity index (χ0n) is 15.1. The highest BCUT2D eigenvalue weighted by Gasteiger charge is 2.22. The lowest BCUT2D eigenvalue weighted by Crippen LogP contribution is -2.34. The minimum absolute atomic E-state index is 0.0784. The quantitative estimate of drug-likeness (QED) is 0.559. The fourth-order valence-corrected chi connectivity index (χ4v) is 2.65. The number of nitrogens with one attached hydrogen (secondary N) is 2. The second kappa shape index (κ2) is 9.20. The van der Waals surface area contributed by atoms with Gasteiger partial charge in [-0.3, -0.25) is 0 Å². The lowest BCUT2D eigenvalue weighted by atomic mass is 10.1. The molecule has 0 radical (unpaired) electrons. The van der Waals surface area contributed by atoms with Crippen molar-refractivity contribution in [2.45, 2.75) is 19.1 Å². The van der Waals surface area contributed by atoms with Crippen LogP contribution in [0.3, 0.4) is 0 Å². The highest BCUT2D eigenvalue weighted by molar-refractivity contribution is 6.30. The average Bonchev–Trinajstić information content (AvgIpc) is 3.19. The fourth-order valence-electron chi connectivity index (χ4n) is 2.53. The number of aliphatic hydroxyl groups excluding tert-OH is 1. The van der Waals surface area contributed by atoms with Crippen LogP contribution in [0, 0.1) is 0 Å². The van der Waals surface area contributed by atoms with Crippen LogP contribution >= 0.6 is 11.6 Å². The first-order valence-electron chi connectivity index (χ1n) is 8.46. The topological polar surface area (TPSA) is 110 Å². The number of hydrogen-bond donors (Lipinski definition) is 3. The number of ether oxygens (including phenoxy) is 1. The molecule has 0 aliphatic heterocycles. The minimum atomic E-state index is -0.589. The average molecular weight is 403 g/mol. The molecule has 0 saturated heterocycles. The third-order valence-electron chi connectivity index (χ3n) is 3.92. The Morgan fingerprint density at radius 3 is 2.50 bits per heavy atom. The van der Waals surface area contributed by atoms with E-state index >= 15 is 0 Å². The third kappa shape index (κ3) is 5.21. The van der Waals surface area contributed by atoms with Crippen molar-refractivity contribution in [1.29, 1.82) is 0 Å². The van der Waals surface area contributed by atoms with E-state index < -0.39 is 12.1 Å². The third-order valence-corrected chi connectivity index (χ3v) is 4.17. The van der Waals surface area contributed by atoms with E-state index in [1.54, 1.807) is 31.4 Å². The number of aromatic nitrogens is 2. The van der Waals surface area contributed by atoms with Gasteiger partial charge in [-0.25, -0.2) is 4.79 Å². The number of carbonyl (C=O) groups is 1. The molecular weight excluding hydrogens is 384 g/mol. The molecule has 3 aromatic rings. The van der Waals surface area contributed by atoms with Gasteiger partial charge in [0.2, 0.25) is 11.8 Å². The van der Waals surface area contributed by atoms with Gasteiger partial charge in [-0.15, -0.1) is 10.2 Å². The second-order valence-corrected chi connectivity index (χ2v) is 6.34. The van der Waals surface area contributed by atoms with E-state index in [0.717, 1.165) is 11.3 Å². The lowest BCUT2D eigenvalue weighted by molar-refractivity contribution is 0.229. The molecule has 0 bridgehead atoms. The molecule has 28 heavy (non-hydrogen) atoms. The molecule has 2 amide bonds. The summed E-state index contributed by atoms with van der Waals surface area (Å²) in [6.45, 7) is -0.376. The van der Waals surface area contributed by atoms with E-state index in [0.29, 0.717) is 17.1 Å². The van der Waals surface area contributed by atoms with Crippen molar-refractivity contribution in [3.63, 3.8) is 0 Å². The van der Waals surface area contributed by atoms with Crippen LogP contribution in [0.25, 0.3) is 0 Å². The van der Waals surface area contributed by atoms with Crippen molar-refractivity contribution in [1.82, 2.24) is 15.5 Å². The van der Waals surface area contributed by atoms with Gasteiger partial charge >= 0.3 is 6.03 Å². The first-order chi connectivity index (χ1) is 13.6. The van der Waals surface area contributed by atoms with Gasteiger partial charge in [0.15, 0.2) is 0 Å². The maximum Gasteiger partial charge on any atom is 0.319 e. The Morgan fingerprint density at radius 1 is 1.18 bits per heavy atom. The molecule has 8 nitrogen and oxygen atoms in total. The van der Waals surface area contributed by atoms with Crippen molar-refractivity contribution in [3.05, 3.63) is 70.9 Å². The van der Waals surface area contributed by atoms with Crippen molar-refractivity contribution in [3.8, 4) is 5.75 Å². The molecule has 1 atom stereocenters. The summed E-state index contributed by atoms with van der Waals surface area (Å²) in [5.41, 5.74) is 1.52. The second-order valence-electron chi connectivity index (χ2n) is 5.90. The van der Waals surface area contributed by atoms with E-state index in [2.05, 4.69) is 20.8 Å². The number of amides is 2. The molecule has 0 aliphatic rings. The molecule has 146 valence electrons. The van der Waals surface area contributed by atoms with Crippen LogP contribution in [0.2, 0.25) is 5.02 Å². The Morgan fingerprint density at radius 2 is 1.89 bits per heavy atom. The molecule has 0 saturated carbocycles. The predicted molar refractivity (Wildman–Crippen MR) is 103 cm³/mol. The van der Waals surface area contributed by atoms with Gasteiger partial charge in [-0.2, -0.15) is 0 Å². The molecule has 0 spiro atoms. The summed E-state index contributed by atoms with van der Waals surface area (Å²) in [7, 11) is 1.59. The van der Waals surface area contributed by atoms with Crippen LogP contribution in [0.5, 0.6) is 5.75 Å². The first-order valence-corrected chi connectivity index (χ1v) is 8.84. The molecule has 1 heterocycles. The molecule has 1 unspecified atom stereocenters. The number of anilines is 1. The number of benzene rings is 2. The first kappa shape index (κ1) is 19.7. The number of urea groups is 1. The zero-order chi connectivity index (χ0) is 19.9. The number of nitrogens with zero attached hydrogens (tertiary/aromatic N) is 2. The van der Waals surface area contributed by atoms with E-state index in [-0.39, 0.29) is 18.4 Å². The van der Waals surface area contributed by atoms with Gasteiger partial charge in [-0.05, 0) is 42.0 Å². The molecule has 0 fully saturated rings. The monoisotopic (exact) mass is 402 g/mol. The van der Waals surface area contributed by atoms with Gasteiger partial charge < -0.3 is 24.9 Å². The van der Waals surface area contributed by atoms with Gasteiger partial charge in [0, 0.05) is 17.1 Å². The van der Waals surface area contributed by atoms with Gasteiger partial charge in [0.25, 0.3) is 0 Å². The number of hydrogen-bond acceptors (Lipinski definition) is 6. The number of methoxy groups -OCH3 is 1. The minimum Gasteiger partial charge on any atom is -0.497 e. The normalized spacial score (nSPS) is 11.7. The predicted octanol–water partition coefficient (Wildman–Crippen LogP) is 3.33. The van der Waals surface area contributed by atoms with Crippen molar-refractivity contribution >= 4 is 23.3 Å². The van der Waals surface area contributed by atoms with Crippen LogP contribution in [0.1, 0.15) is 23.4 Å². The van der Waals surface area contributed by atoms with E-state index in [1.807, 2.05) is 24.3 Å². The van der Waals surface area contributed by atoms with Crippen LogP contribution in [-0.2, 0) is 13.0 Å². The summed E-state index contributed by atoms with van der Waals surface area (Å²) in [5, 5.41) is 23.0. The number of carbonyl (C=O) groups excluding carboxylic acids is 1. The SMILES string of the molecule is COc1ccc(CC(NC(=O)Nc2ccc(Cl)cc2)c2nnc(CO)o2)cc1. The highest BCUT2D eigenvalue weighted by Crippen LogP contribution is 2.20. The van der Waals surface area contributed by atoms with E-state index in [9.17, 15) is 4.79 Å².